The minimum absolute atomic E-state index is 0. The molecule has 4 nitrogen and oxygen atoms in total. The molecule has 8 heteroatoms. The third kappa shape index (κ3) is 4.30. The summed E-state index contributed by atoms with van der Waals surface area (Å²) in [5, 5.41) is 3.40. The summed E-state index contributed by atoms with van der Waals surface area (Å²) in [6.45, 7) is 2.74. The summed E-state index contributed by atoms with van der Waals surface area (Å²) in [5.74, 6) is -0.831. The second-order valence-corrected chi connectivity index (χ2v) is 6.89. The molecule has 1 heterocycles. The second-order valence-electron chi connectivity index (χ2n) is 4.77. The molecule has 1 aliphatic heterocycles. The number of hydrogen-bond donors (Lipinski definition) is 2. The van der Waals surface area contributed by atoms with E-state index in [4.69, 9.17) is 11.6 Å². The van der Waals surface area contributed by atoms with E-state index in [1.807, 2.05) is 6.92 Å². The monoisotopic (exact) mass is 342 g/mol. The number of benzene rings is 1. The Kier molecular flexibility index (Phi) is 6.22. The number of rotatable bonds is 3. The summed E-state index contributed by atoms with van der Waals surface area (Å²) < 4.78 is 40.5. The zero-order valence-corrected chi connectivity index (χ0v) is 13.3. The van der Waals surface area contributed by atoms with Gasteiger partial charge in [0, 0.05) is 17.1 Å². The number of sulfonamides is 1. The molecule has 0 amide bonds. The lowest BCUT2D eigenvalue weighted by Crippen LogP contribution is -2.46. The zero-order valence-electron chi connectivity index (χ0n) is 10.9. The lowest BCUT2D eigenvalue weighted by molar-refractivity contribution is 0.361. The molecule has 2 atom stereocenters. The van der Waals surface area contributed by atoms with Gasteiger partial charge in [-0.15, -0.1) is 12.4 Å². The average Bonchev–Trinajstić information content (AvgIpc) is 2.27. The van der Waals surface area contributed by atoms with E-state index in [0.717, 1.165) is 12.6 Å². The Morgan fingerprint density at radius 1 is 1.45 bits per heavy atom. The Labute approximate surface area is 129 Å². The Morgan fingerprint density at radius 3 is 2.75 bits per heavy atom. The standard InChI is InChI=1S/C12H16ClFN2O2S.ClH/c1-8-6-10(4-5-15-8)16-19(17,18)12-3-2-9(13)7-11(12)14;/h2-3,7-8,10,15-16H,4-6H2,1H3;1H. The minimum Gasteiger partial charge on any atom is -0.314 e. The van der Waals surface area contributed by atoms with Gasteiger partial charge in [0.2, 0.25) is 10.0 Å². The molecule has 2 rings (SSSR count). The maximum Gasteiger partial charge on any atom is 0.243 e. The van der Waals surface area contributed by atoms with Gasteiger partial charge in [-0.05, 0) is 44.5 Å². The van der Waals surface area contributed by atoms with Gasteiger partial charge >= 0.3 is 0 Å². The molecule has 0 spiro atoms. The molecule has 1 aliphatic rings. The summed E-state index contributed by atoms with van der Waals surface area (Å²) in [7, 11) is -3.84. The fourth-order valence-electron chi connectivity index (χ4n) is 2.22. The normalized spacial score (nSPS) is 23.1. The van der Waals surface area contributed by atoms with Gasteiger partial charge in [-0.25, -0.2) is 17.5 Å². The van der Waals surface area contributed by atoms with Gasteiger partial charge in [0.1, 0.15) is 10.7 Å². The van der Waals surface area contributed by atoms with Crippen LogP contribution in [0, 0.1) is 5.82 Å². The van der Waals surface area contributed by atoms with Crippen LogP contribution in [0.5, 0.6) is 0 Å². The molecule has 20 heavy (non-hydrogen) atoms. The topological polar surface area (TPSA) is 58.2 Å². The Morgan fingerprint density at radius 2 is 2.15 bits per heavy atom. The van der Waals surface area contributed by atoms with Crippen molar-refractivity contribution in [1.82, 2.24) is 10.0 Å². The molecule has 2 N–H and O–H groups in total. The van der Waals surface area contributed by atoms with Crippen molar-refractivity contribution in [3.63, 3.8) is 0 Å². The van der Waals surface area contributed by atoms with E-state index in [0.29, 0.717) is 12.8 Å². The lowest BCUT2D eigenvalue weighted by atomic mass is 10.0. The van der Waals surface area contributed by atoms with Crippen LogP contribution in [0.2, 0.25) is 5.02 Å². The second kappa shape index (κ2) is 7.04. The minimum atomic E-state index is -3.84. The Hall–Kier alpha value is -0.400. The highest BCUT2D eigenvalue weighted by Gasteiger charge is 2.26. The molecular formula is C12H17Cl2FN2O2S. The van der Waals surface area contributed by atoms with Crippen molar-refractivity contribution in [2.24, 2.45) is 0 Å². The summed E-state index contributed by atoms with van der Waals surface area (Å²) in [4.78, 5) is -0.358. The van der Waals surface area contributed by atoms with Crippen LogP contribution in [0.4, 0.5) is 4.39 Å². The molecule has 1 saturated heterocycles. The Balaban J connectivity index is 0.00000200. The van der Waals surface area contributed by atoms with Crippen LogP contribution < -0.4 is 10.0 Å². The van der Waals surface area contributed by atoms with Gasteiger partial charge in [0.25, 0.3) is 0 Å². The van der Waals surface area contributed by atoms with E-state index in [9.17, 15) is 12.8 Å². The number of nitrogens with one attached hydrogen (secondary N) is 2. The van der Waals surface area contributed by atoms with Gasteiger partial charge in [-0.1, -0.05) is 11.6 Å². The SMILES string of the molecule is CC1CC(NS(=O)(=O)c2ccc(Cl)cc2F)CCN1.Cl. The van der Waals surface area contributed by atoms with Gasteiger partial charge in [0.15, 0.2) is 0 Å². The van der Waals surface area contributed by atoms with Crippen LogP contribution in [-0.4, -0.2) is 27.0 Å². The summed E-state index contributed by atoms with van der Waals surface area (Å²) in [6.07, 6.45) is 1.38. The lowest BCUT2D eigenvalue weighted by Gasteiger charge is -2.28. The maximum absolute atomic E-state index is 13.7. The molecule has 1 fully saturated rings. The first-order valence-electron chi connectivity index (χ1n) is 6.09. The van der Waals surface area contributed by atoms with E-state index < -0.39 is 15.8 Å². The highest BCUT2D eigenvalue weighted by atomic mass is 35.5. The van der Waals surface area contributed by atoms with Crippen molar-refractivity contribution in [1.29, 1.82) is 0 Å². The highest BCUT2D eigenvalue weighted by molar-refractivity contribution is 7.89. The van der Waals surface area contributed by atoms with Crippen molar-refractivity contribution in [2.75, 3.05) is 6.54 Å². The third-order valence-electron chi connectivity index (χ3n) is 3.13. The summed E-state index contributed by atoms with van der Waals surface area (Å²) in [6, 6.07) is 3.63. The van der Waals surface area contributed by atoms with Crippen molar-refractivity contribution < 1.29 is 12.8 Å². The molecule has 0 aliphatic carbocycles. The van der Waals surface area contributed by atoms with E-state index in [1.165, 1.54) is 12.1 Å². The van der Waals surface area contributed by atoms with Crippen LogP contribution in [0.25, 0.3) is 0 Å². The van der Waals surface area contributed by atoms with Gasteiger partial charge < -0.3 is 5.32 Å². The Bertz CT molecular complexity index is 569. The molecular weight excluding hydrogens is 326 g/mol. The molecule has 1 aromatic rings. The molecule has 2 unspecified atom stereocenters. The average molecular weight is 343 g/mol. The fraction of sp³-hybridized carbons (Fsp3) is 0.500. The highest BCUT2D eigenvalue weighted by Crippen LogP contribution is 2.20. The van der Waals surface area contributed by atoms with Crippen molar-refractivity contribution in [3.05, 3.63) is 29.0 Å². The number of halogens is 3. The van der Waals surface area contributed by atoms with Crippen LogP contribution in [0.3, 0.4) is 0 Å². The van der Waals surface area contributed by atoms with Crippen LogP contribution in [-0.2, 0) is 10.0 Å². The first-order chi connectivity index (χ1) is 8.88. The van der Waals surface area contributed by atoms with E-state index in [1.54, 1.807) is 0 Å². The third-order valence-corrected chi connectivity index (χ3v) is 4.92. The summed E-state index contributed by atoms with van der Waals surface area (Å²) >= 11 is 5.61. The predicted octanol–water partition coefficient (Wildman–Crippen LogP) is 2.32. The smallest absolute Gasteiger partial charge is 0.243 e. The first-order valence-corrected chi connectivity index (χ1v) is 7.95. The fourth-order valence-corrected chi connectivity index (χ4v) is 3.72. The molecule has 0 bridgehead atoms. The number of piperidine rings is 1. The summed E-state index contributed by atoms with van der Waals surface area (Å²) in [5.41, 5.74) is 0. The van der Waals surface area contributed by atoms with E-state index in [-0.39, 0.29) is 34.4 Å². The van der Waals surface area contributed by atoms with Gasteiger partial charge in [-0.2, -0.15) is 0 Å². The van der Waals surface area contributed by atoms with Crippen molar-refractivity contribution >= 4 is 34.0 Å². The van der Waals surface area contributed by atoms with E-state index in [2.05, 4.69) is 10.0 Å². The van der Waals surface area contributed by atoms with Crippen molar-refractivity contribution in [2.45, 2.75) is 36.7 Å². The molecule has 0 saturated carbocycles. The van der Waals surface area contributed by atoms with Gasteiger partial charge in [0.05, 0.1) is 0 Å². The molecule has 0 aromatic heterocycles. The molecule has 0 radical (unpaired) electrons. The molecule has 114 valence electrons. The maximum atomic E-state index is 13.7. The predicted molar refractivity (Wildman–Crippen MR) is 79.5 cm³/mol. The van der Waals surface area contributed by atoms with Crippen LogP contribution in [0.1, 0.15) is 19.8 Å². The quantitative estimate of drug-likeness (QED) is 0.886. The number of hydrogen-bond acceptors (Lipinski definition) is 3. The van der Waals surface area contributed by atoms with Crippen LogP contribution in [0.15, 0.2) is 23.1 Å². The van der Waals surface area contributed by atoms with Crippen molar-refractivity contribution in [3.8, 4) is 0 Å². The molecule has 1 aromatic carbocycles. The zero-order chi connectivity index (χ0) is 14.0. The van der Waals surface area contributed by atoms with Crippen LogP contribution >= 0.6 is 24.0 Å². The van der Waals surface area contributed by atoms with Gasteiger partial charge in [-0.3, -0.25) is 0 Å². The van der Waals surface area contributed by atoms with E-state index >= 15 is 0 Å². The first kappa shape index (κ1) is 17.7. The largest absolute Gasteiger partial charge is 0.314 e.